The maximum Gasteiger partial charge on any atom is 0.396 e. The van der Waals surface area contributed by atoms with E-state index in [1.807, 2.05) is 0 Å². The standard InChI is InChI=1S/C14H17F3N2O/c1-8(2)13(20)19-12-5-3-4-9-10(12)6-18-7-11(9)14(15,16)17/h3-5,8,11,18H,6-7H2,1-2H3,(H,19,20). The molecule has 0 spiro atoms. The van der Waals surface area contributed by atoms with Gasteiger partial charge >= 0.3 is 6.18 Å². The number of hydrogen-bond donors (Lipinski definition) is 2. The van der Waals surface area contributed by atoms with Crippen LogP contribution in [0.3, 0.4) is 0 Å². The summed E-state index contributed by atoms with van der Waals surface area (Å²) in [6.45, 7) is 3.68. The molecule has 1 aliphatic rings. The Morgan fingerprint density at radius 3 is 2.70 bits per heavy atom. The van der Waals surface area contributed by atoms with Gasteiger partial charge in [0.2, 0.25) is 5.91 Å². The summed E-state index contributed by atoms with van der Waals surface area (Å²) in [7, 11) is 0. The van der Waals surface area contributed by atoms with Crippen molar-refractivity contribution in [3.05, 3.63) is 29.3 Å². The second kappa shape index (κ2) is 5.44. The van der Waals surface area contributed by atoms with E-state index < -0.39 is 12.1 Å². The van der Waals surface area contributed by atoms with Gasteiger partial charge in [0.15, 0.2) is 0 Å². The number of carbonyl (C=O) groups excluding carboxylic acids is 1. The summed E-state index contributed by atoms with van der Waals surface area (Å²) >= 11 is 0. The first-order chi connectivity index (χ1) is 9.30. The third-order valence-corrected chi connectivity index (χ3v) is 3.42. The average molecular weight is 286 g/mol. The van der Waals surface area contributed by atoms with Gasteiger partial charge in [0.1, 0.15) is 0 Å². The quantitative estimate of drug-likeness (QED) is 0.877. The van der Waals surface area contributed by atoms with Crippen LogP contribution in [0.15, 0.2) is 18.2 Å². The van der Waals surface area contributed by atoms with Gasteiger partial charge in [0, 0.05) is 24.7 Å². The van der Waals surface area contributed by atoms with Crippen molar-refractivity contribution >= 4 is 11.6 Å². The Bertz CT molecular complexity index is 512. The monoisotopic (exact) mass is 286 g/mol. The van der Waals surface area contributed by atoms with Gasteiger partial charge in [-0.3, -0.25) is 4.79 Å². The van der Waals surface area contributed by atoms with E-state index in [9.17, 15) is 18.0 Å². The Hall–Kier alpha value is -1.56. The smallest absolute Gasteiger partial charge is 0.326 e. The molecule has 3 nitrogen and oxygen atoms in total. The highest BCUT2D eigenvalue weighted by molar-refractivity contribution is 5.93. The van der Waals surface area contributed by atoms with Gasteiger partial charge in [-0.1, -0.05) is 26.0 Å². The number of rotatable bonds is 2. The van der Waals surface area contributed by atoms with E-state index >= 15 is 0 Å². The summed E-state index contributed by atoms with van der Waals surface area (Å²) in [5.41, 5.74) is 1.23. The zero-order chi connectivity index (χ0) is 14.9. The fraction of sp³-hybridized carbons (Fsp3) is 0.500. The molecule has 1 atom stereocenters. The first kappa shape index (κ1) is 14.8. The molecule has 1 aromatic carbocycles. The summed E-state index contributed by atoms with van der Waals surface area (Å²) in [6, 6.07) is 4.68. The third-order valence-electron chi connectivity index (χ3n) is 3.42. The van der Waals surface area contributed by atoms with E-state index in [4.69, 9.17) is 0 Å². The summed E-state index contributed by atoms with van der Waals surface area (Å²) < 4.78 is 39.0. The van der Waals surface area contributed by atoms with E-state index in [0.717, 1.165) is 0 Å². The normalized spacial score (nSPS) is 18.8. The molecule has 0 radical (unpaired) electrons. The van der Waals surface area contributed by atoms with Crippen molar-refractivity contribution in [1.82, 2.24) is 5.32 Å². The Morgan fingerprint density at radius 1 is 1.40 bits per heavy atom. The maximum atomic E-state index is 13.0. The molecule has 0 saturated carbocycles. The number of alkyl halides is 3. The molecule has 1 amide bonds. The summed E-state index contributed by atoms with van der Waals surface area (Å²) in [4.78, 5) is 11.7. The lowest BCUT2D eigenvalue weighted by atomic mass is 9.89. The molecule has 110 valence electrons. The molecule has 0 aliphatic carbocycles. The highest BCUT2D eigenvalue weighted by Gasteiger charge is 2.43. The Kier molecular flexibility index (Phi) is 4.04. The van der Waals surface area contributed by atoms with Gasteiger partial charge in [-0.25, -0.2) is 0 Å². The van der Waals surface area contributed by atoms with Crippen molar-refractivity contribution in [1.29, 1.82) is 0 Å². The van der Waals surface area contributed by atoms with Crippen LogP contribution in [0.25, 0.3) is 0 Å². The minimum atomic E-state index is -4.29. The lowest BCUT2D eigenvalue weighted by Gasteiger charge is -2.29. The Balaban J connectivity index is 2.37. The molecule has 2 rings (SSSR count). The van der Waals surface area contributed by atoms with Gasteiger partial charge < -0.3 is 10.6 Å². The first-order valence-corrected chi connectivity index (χ1v) is 6.50. The molecule has 0 saturated heterocycles. The fourth-order valence-corrected chi connectivity index (χ4v) is 2.27. The average Bonchev–Trinajstić information content (AvgIpc) is 2.37. The molecule has 0 bridgehead atoms. The molecule has 0 fully saturated rings. The summed E-state index contributed by atoms with van der Waals surface area (Å²) in [5.74, 6) is -1.95. The van der Waals surface area contributed by atoms with Crippen LogP contribution in [-0.2, 0) is 11.3 Å². The number of benzene rings is 1. The van der Waals surface area contributed by atoms with Crippen molar-refractivity contribution < 1.29 is 18.0 Å². The summed E-state index contributed by atoms with van der Waals surface area (Å²) in [6.07, 6.45) is -4.29. The predicted octanol–water partition coefficient (Wildman–Crippen LogP) is 3.03. The fourth-order valence-electron chi connectivity index (χ4n) is 2.27. The Labute approximate surface area is 115 Å². The topological polar surface area (TPSA) is 41.1 Å². The number of halogens is 3. The second-order valence-corrected chi connectivity index (χ2v) is 5.24. The lowest BCUT2D eigenvalue weighted by molar-refractivity contribution is -0.150. The van der Waals surface area contributed by atoms with Crippen molar-refractivity contribution in [2.24, 2.45) is 5.92 Å². The molecule has 1 unspecified atom stereocenters. The number of fused-ring (bicyclic) bond motifs is 1. The maximum absolute atomic E-state index is 13.0. The molecule has 2 N–H and O–H groups in total. The van der Waals surface area contributed by atoms with Crippen molar-refractivity contribution in [2.75, 3.05) is 11.9 Å². The molecule has 1 aliphatic heterocycles. The summed E-state index contributed by atoms with van der Waals surface area (Å²) in [5, 5.41) is 5.46. The van der Waals surface area contributed by atoms with Crippen LogP contribution >= 0.6 is 0 Å². The molecule has 6 heteroatoms. The molecule has 1 heterocycles. The SMILES string of the molecule is CC(C)C(=O)Nc1cccc2c1CNCC2C(F)(F)F. The van der Waals surface area contributed by atoms with Crippen LogP contribution in [0.5, 0.6) is 0 Å². The third kappa shape index (κ3) is 2.95. The highest BCUT2D eigenvalue weighted by Crippen LogP contribution is 2.39. The van der Waals surface area contributed by atoms with Gasteiger partial charge in [-0.05, 0) is 17.2 Å². The number of anilines is 1. The van der Waals surface area contributed by atoms with Crippen LogP contribution in [0, 0.1) is 5.92 Å². The van der Waals surface area contributed by atoms with Crippen molar-refractivity contribution in [3.8, 4) is 0 Å². The zero-order valence-corrected chi connectivity index (χ0v) is 11.3. The number of carbonyl (C=O) groups is 1. The lowest BCUT2D eigenvalue weighted by Crippen LogP contribution is -2.37. The van der Waals surface area contributed by atoms with Crippen molar-refractivity contribution in [3.63, 3.8) is 0 Å². The second-order valence-electron chi connectivity index (χ2n) is 5.24. The minimum Gasteiger partial charge on any atom is -0.326 e. The largest absolute Gasteiger partial charge is 0.396 e. The number of nitrogens with one attached hydrogen (secondary N) is 2. The van der Waals surface area contributed by atoms with E-state index in [0.29, 0.717) is 17.8 Å². The highest BCUT2D eigenvalue weighted by atomic mass is 19.4. The Morgan fingerprint density at radius 2 is 2.10 bits per heavy atom. The van der Waals surface area contributed by atoms with Crippen molar-refractivity contribution in [2.45, 2.75) is 32.5 Å². The molecular weight excluding hydrogens is 269 g/mol. The molecule has 0 aromatic heterocycles. The van der Waals surface area contributed by atoms with Gasteiger partial charge in [-0.2, -0.15) is 13.2 Å². The molecule has 1 aromatic rings. The van der Waals surface area contributed by atoms with Gasteiger partial charge in [-0.15, -0.1) is 0 Å². The minimum absolute atomic E-state index is 0.127. The van der Waals surface area contributed by atoms with E-state index in [-0.39, 0.29) is 23.9 Å². The number of amides is 1. The van der Waals surface area contributed by atoms with Crippen LogP contribution in [0.2, 0.25) is 0 Å². The van der Waals surface area contributed by atoms with Crippen LogP contribution in [-0.4, -0.2) is 18.6 Å². The van der Waals surface area contributed by atoms with E-state index in [1.165, 1.54) is 6.07 Å². The number of hydrogen-bond acceptors (Lipinski definition) is 2. The predicted molar refractivity (Wildman–Crippen MR) is 70.4 cm³/mol. The van der Waals surface area contributed by atoms with Gasteiger partial charge in [0.05, 0.1) is 5.92 Å². The van der Waals surface area contributed by atoms with E-state index in [1.54, 1.807) is 26.0 Å². The zero-order valence-electron chi connectivity index (χ0n) is 11.3. The van der Waals surface area contributed by atoms with Crippen LogP contribution in [0.4, 0.5) is 18.9 Å². The molecule has 20 heavy (non-hydrogen) atoms. The first-order valence-electron chi connectivity index (χ1n) is 6.50. The van der Waals surface area contributed by atoms with Gasteiger partial charge in [0.25, 0.3) is 0 Å². The molecular formula is C14H17F3N2O. The van der Waals surface area contributed by atoms with Crippen LogP contribution in [0.1, 0.15) is 30.9 Å². The van der Waals surface area contributed by atoms with Crippen LogP contribution < -0.4 is 10.6 Å². The van der Waals surface area contributed by atoms with E-state index in [2.05, 4.69) is 10.6 Å².